The fraction of sp³-hybridized carbons (Fsp3) is 0.385. The molecule has 1 atom stereocenters. The van der Waals surface area contributed by atoms with Gasteiger partial charge in [0.25, 0.3) is 5.91 Å². The molecule has 0 saturated heterocycles. The van der Waals surface area contributed by atoms with Crippen LogP contribution in [0.4, 0.5) is 29.5 Å². The fourth-order valence-electron chi connectivity index (χ4n) is 12.7. The van der Waals surface area contributed by atoms with Crippen LogP contribution in [0, 0.1) is 55.4 Å². The molecule has 0 spiro atoms. The van der Waals surface area contributed by atoms with Gasteiger partial charge in [-0.1, -0.05) is 43.0 Å². The van der Waals surface area contributed by atoms with Crippen molar-refractivity contribution < 1.29 is 57.1 Å². The number of anilines is 5. The molecule has 2 aromatic carbocycles. The standard InChI is InChI=1S/C22H26ClN5O2.C20H23N5O5S.C20H28N4O3.C16H22N4O2/c1-12(2)25-22-24-9-8-17(28-22)19-13(3)20(26-14(19)4)21(30)27-18(11-29)15-6-5-7-16(23)10-15;1-4-30-19(27)17-11(2)16(12(3)23-17)18-13(10-26)9-22-20(25-18)24-14-5-7-15(8-6-14)31(21,28)29;1-4-27-19(26)17-12(2)16(13(3)22-17)18-14(11-25)10-21-20(24-18)23-15-8-6-5-7-9-15;1-6-22-15(21)14-10(4)13(11(5)19-14)12-7-8-17-16(20-12)18-9(2)3/h5-10,12,18,26,29H,11H2,1-4H3,(H,27,30)(H,24,25,28);5-9,23,26H,4,10H2,1-3H3,(H2,21,28,29)(H,22,24,25);10,15,22,25H,4-9,11H2,1-3H3,(H,21,23,24);7-9,19H,6H2,1-5H3,(H,17,18,20)/t18-;;;/m1.../s1. The van der Waals surface area contributed by atoms with Crippen molar-refractivity contribution in [1.82, 2.24) is 65.1 Å². The molecule has 586 valence electrons. The third-order valence-corrected chi connectivity index (χ3v) is 18.9. The van der Waals surface area contributed by atoms with Crippen molar-refractivity contribution in [2.45, 2.75) is 178 Å². The number of primary sulfonamides is 1. The number of nitrogens with zero attached hydrogens (tertiary/aromatic N) is 8. The number of aliphatic hydroxyl groups excluding tert-OH is 3. The van der Waals surface area contributed by atoms with E-state index in [9.17, 15) is 42.9 Å². The molecule has 0 bridgehead atoms. The number of sulfonamides is 1. The van der Waals surface area contributed by atoms with Crippen molar-refractivity contribution in [3.05, 3.63) is 175 Å². The third kappa shape index (κ3) is 21.5. The molecule has 8 heterocycles. The van der Waals surface area contributed by atoms with Gasteiger partial charge in [0.1, 0.15) is 22.8 Å². The second kappa shape index (κ2) is 38.9. The van der Waals surface area contributed by atoms with Crippen LogP contribution in [0.1, 0.15) is 190 Å². The molecule has 1 amide bonds. The Balaban J connectivity index is 0.000000186. The van der Waals surface area contributed by atoms with Crippen molar-refractivity contribution in [1.29, 1.82) is 0 Å². The van der Waals surface area contributed by atoms with E-state index in [0.29, 0.717) is 110 Å². The highest BCUT2D eigenvalue weighted by atomic mass is 35.5. The number of rotatable bonds is 25. The van der Waals surface area contributed by atoms with E-state index < -0.39 is 22.0 Å². The van der Waals surface area contributed by atoms with Gasteiger partial charge >= 0.3 is 17.9 Å². The second-order valence-corrected chi connectivity index (χ2v) is 28.7. The van der Waals surface area contributed by atoms with Crippen molar-refractivity contribution in [2.75, 3.05) is 47.7 Å². The first-order chi connectivity index (χ1) is 52.4. The van der Waals surface area contributed by atoms with Crippen molar-refractivity contribution in [3.8, 4) is 45.0 Å². The molecule has 10 aromatic rings. The summed E-state index contributed by atoms with van der Waals surface area (Å²) in [6.45, 7) is 28.5. The van der Waals surface area contributed by atoms with Gasteiger partial charge in [-0.05, 0) is 193 Å². The summed E-state index contributed by atoms with van der Waals surface area (Å²) in [7, 11) is -3.79. The number of halogens is 1. The molecule has 0 radical (unpaired) electrons. The zero-order chi connectivity index (χ0) is 80.3. The van der Waals surface area contributed by atoms with E-state index in [-0.39, 0.29) is 67.2 Å². The van der Waals surface area contributed by atoms with Crippen LogP contribution < -0.4 is 31.7 Å². The van der Waals surface area contributed by atoms with Gasteiger partial charge in [0.2, 0.25) is 33.8 Å². The number of ether oxygens (including phenoxy) is 3. The molecular formula is C78H99ClN18O12S. The molecule has 0 aliphatic heterocycles. The second-order valence-electron chi connectivity index (χ2n) is 26.7. The molecule has 0 unspecified atom stereocenters. The Morgan fingerprint density at radius 2 is 0.982 bits per heavy atom. The number of hydrogen-bond donors (Lipinski definition) is 13. The lowest BCUT2D eigenvalue weighted by molar-refractivity contribution is 0.0510. The Labute approximate surface area is 644 Å². The number of carbonyl (C=O) groups excluding carboxylic acids is 4. The van der Waals surface area contributed by atoms with Gasteiger partial charge in [-0.3, -0.25) is 4.79 Å². The number of amides is 1. The Hall–Kier alpha value is -11.0. The maximum Gasteiger partial charge on any atom is 0.355 e. The molecule has 8 aromatic heterocycles. The van der Waals surface area contributed by atoms with Crippen LogP contribution in [-0.2, 0) is 37.4 Å². The third-order valence-electron chi connectivity index (χ3n) is 17.7. The fourth-order valence-corrected chi connectivity index (χ4v) is 13.4. The number of nitrogens with one attached hydrogen (secondary N) is 9. The lowest BCUT2D eigenvalue weighted by atomic mass is 9.96. The quantitative estimate of drug-likeness (QED) is 0.0187. The minimum Gasteiger partial charge on any atom is -0.461 e. The molecule has 1 fully saturated rings. The topological polar surface area (TPSA) is 443 Å². The number of nitrogens with two attached hydrogens (primary N) is 1. The Kier molecular flexibility index (Phi) is 29.9. The average Bonchev–Trinajstić information content (AvgIpc) is 1.03. The summed E-state index contributed by atoms with van der Waals surface area (Å²) in [5.41, 5.74) is 16.2. The number of esters is 3. The van der Waals surface area contributed by atoms with Crippen LogP contribution in [0.15, 0.2) is 90.3 Å². The summed E-state index contributed by atoms with van der Waals surface area (Å²) < 4.78 is 38.1. The maximum atomic E-state index is 13.0. The van der Waals surface area contributed by atoms with E-state index in [0.717, 1.165) is 80.3 Å². The van der Waals surface area contributed by atoms with Gasteiger partial charge in [0, 0.05) is 110 Å². The van der Waals surface area contributed by atoms with E-state index in [2.05, 4.69) is 81.4 Å². The van der Waals surface area contributed by atoms with Crippen LogP contribution in [0.5, 0.6) is 0 Å². The number of aryl methyl sites for hydroxylation is 4. The number of aromatic nitrogens is 12. The van der Waals surface area contributed by atoms with Crippen LogP contribution in [-0.4, -0.2) is 152 Å². The molecular weight excluding hydrogens is 1450 g/mol. The monoisotopic (exact) mass is 1550 g/mol. The number of hydrogen-bond acceptors (Lipinski definition) is 24. The summed E-state index contributed by atoms with van der Waals surface area (Å²) in [5.74, 6) is 0.395. The average molecular weight is 1550 g/mol. The first-order valence-corrected chi connectivity index (χ1v) is 38.1. The van der Waals surface area contributed by atoms with Crippen LogP contribution in [0.3, 0.4) is 0 Å². The van der Waals surface area contributed by atoms with Gasteiger partial charge in [0.05, 0.1) is 73.4 Å². The summed E-state index contributed by atoms with van der Waals surface area (Å²) in [4.78, 5) is 97.1. The number of benzene rings is 2. The normalized spacial score (nSPS) is 12.3. The number of aliphatic hydroxyl groups is 3. The van der Waals surface area contributed by atoms with Crippen molar-refractivity contribution in [3.63, 3.8) is 0 Å². The van der Waals surface area contributed by atoms with E-state index in [1.54, 1.807) is 71.4 Å². The predicted molar refractivity (Wildman–Crippen MR) is 423 cm³/mol. The number of aromatic amines is 4. The Bertz CT molecular complexity index is 4970. The van der Waals surface area contributed by atoms with Crippen LogP contribution >= 0.6 is 11.6 Å². The lowest BCUT2D eigenvalue weighted by Gasteiger charge is -2.23. The largest absolute Gasteiger partial charge is 0.461 e. The highest BCUT2D eigenvalue weighted by Gasteiger charge is 2.28. The molecule has 11 rings (SSSR count). The molecule has 1 aliphatic rings. The summed E-state index contributed by atoms with van der Waals surface area (Å²) in [6, 6.07) is 16.8. The predicted octanol–water partition coefficient (Wildman–Crippen LogP) is 12.8. The van der Waals surface area contributed by atoms with Gasteiger partial charge in [0.15, 0.2) is 0 Å². The highest BCUT2D eigenvalue weighted by Crippen LogP contribution is 2.36. The summed E-state index contributed by atoms with van der Waals surface area (Å²) >= 11 is 6.04. The van der Waals surface area contributed by atoms with Gasteiger partial charge in [-0.15, -0.1) is 0 Å². The van der Waals surface area contributed by atoms with Crippen LogP contribution in [0.2, 0.25) is 5.02 Å². The Morgan fingerprint density at radius 3 is 1.41 bits per heavy atom. The number of H-pyrrole nitrogens is 4. The first-order valence-electron chi connectivity index (χ1n) is 36.2. The van der Waals surface area contributed by atoms with Gasteiger partial charge in [-0.2, -0.15) is 0 Å². The van der Waals surface area contributed by atoms with Gasteiger partial charge in [-0.25, -0.2) is 67.8 Å². The zero-order valence-corrected chi connectivity index (χ0v) is 66.2. The smallest absolute Gasteiger partial charge is 0.355 e. The van der Waals surface area contributed by atoms with E-state index in [4.69, 9.17) is 35.9 Å². The highest BCUT2D eigenvalue weighted by molar-refractivity contribution is 7.89. The van der Waals surface area contributed by atoms with E-state index in [1.807, 2.05) is 87.4 Å². The molecule has 1 saturated carbocycles. The molecule has 32 heteroatoms. The minimum atomic E-state index is -3.79. The number of carbonyl (C=O) groups is 4. The molecule has 1 aliphatic carbocycles. The SMILES string of the molecule is CCOC(=O)c1[nH]c(C)c(-c2ccnc(NC(C)C)n2)c1C.CCOC(=O)c1[nH]c(C)c(-c2nc(NC3CCCCC3)ncc2CO)c1C.CCOC(=O)c1[nH]c(C)c(-c2nc(Nc3ccc(S(N)(=O)=O)cc3)ncc2CO)c1C.Cc1[nH]c(C(=O)N[C@H](CO)c2cccc(Cl)c2)c(C)c1-c1ccnc(NC(C)C)n1. The van der Waals surface area contributed by atoms with E-state index >= 15 is 0 Å². The van der Waals surface area contributed by atoms with Crippen molar-refractivity contribution in [2.24, 2.45) is 5.14 Å². The molecule has 110 heavy (non-hydrogen) atoms. The lowest BCUT2D eigenvalue weighted by Crippen LogP contribution is -2.31. The van der Waals surface area contributed by atoms with Gasteiger partial charge < -0.3 is 76.1 Å². The molecule has 30 nitrogen and oxygen atoms in total. The first kappa shape index (κ1) is 84.7. The Morgan fingerprint density at radius 1 is 0.555 bits per heavy atom. The van der Waals surface area contributed by atoms with Crippen molar-refractivity contribution >= 4 is 74.9 Å². The van der Waals surface area contributed by atoms with Crippen LogP contribution in [0.25, 0.3) is 45.0 Å². The summed E-state index contributed by atoms with van der Waals surface area (Å²) in [5, 5.41) is 50.7. The maximum absolute atomic E-state index is 13.0. The molecule has 14 N–H and O–H groups in total. The zero-order valence-electron chi connectivity index (χ0n) is 64.6. The van der Waals surface area contributed by atoms with E-state index in [1.165, 1.54) is 49.7 Å². The summed E-state index contributed by atoms with van der Waals surface area (Å²) in [6.07, 6.45) is 12.5. The minimum absolute atomic E-state index is 0.0136.